The van der Waals surface area contributed by atoms with Crippen molar-refractivity contribution in [3.05, 3.63) is 24.0 Å². The summed E-state index contributed by atoms with van der Waals surface area (Å²) in [6.07, 6.45) is 11.8. The summed E-state index contributed by atoms with van der Waals surface area (Å²) in [7, 11) is 0. The SMILES string of the molecule is OCc1cnccc1N1CCCC2CCCCC21. The lowest BCUT2D eigenvalue weighted by molar-refractivity contribution is 0.241. The third-order valence-electron chi connectivity index (χ3n) is 4.60. The molecule has 3 nitrogen and oxygen atoms in total. The highest BCUT2D eigenvalue weighted by Gasteiger charge is 2.33. The zero-order valence-electron chi connectivity index (χ0n) is 10.9. The summed E-state index contributed by atoms with van der Waals surface area (Å²) in [6.45, 7) is 1.23. The van der Waals surface area contributed by atoms with Gasteiger partial charge in [0, 0.05) is 36.2 Å². The molecule has 0 aromatic carbocycles. The number of nitrogens with zero attached hydrogens (tertiary/aromatic N) is 2. The van der Waals surface area contributed by atoms with E-state index in [-0.39, 0.29) is 6.61 Å². The van der Waals surface area contributed by atoms with Crippen molar-refractivity contribution in [1.29, 1.82) is 0 Å². The zero-order valence-corrected chi connectivity index (χ0v) is 10.9. The van der Waals surface area contributed by atoms with Crippen molar-refractivity contribution in [3.8, 4) is 0 Å². The molecule has 1 saturated heterocycles. The van der Waals surface area contributed by atoms with E-state index in [0.717, 1.165) is 18.0 Å². The molecule has 1 aliphatic heterocycles. The predicted molar refractivity (Wildman–Crippen MR) is 72.5 cm³/mol. The van der Waals surface area contributed by atoms with Gasteiger partial charge < -0.3 is 10.0 Å². The third-order valence-corrected chi connectivity index (χ3v) is 4.60. The van der Waals surface area contributed by atoms with Gasteiger partial charge in [0.05, 0.1) is 6.61 Å². The van der Waals surface area contributed by atoms with Crippen molar-refractivity contribution < 1.29 is 5.11 Å². The minimum absolute atomic E-state index is 0.0943. The van der Waals surface area contributed by atoms with Crippen LogP contribution < -0.4 is 4.90 Å². The summed E-state index contributed by atoms with van der Waals surface area (Å²) in [5, 5.41) is 9.48. The lowest BCUT2D eigenvalue weighted by Gasteiger charge is -2.46. The van der Waals surface area contributed by atoms with Gasteiger partial charge in [-0.1, -0.05) is 12.8 Å². The van der Waals surface area contributed by atoms with E-state index in [9.17, 15) is 5.11 Å². The van der Waals surface area contributed by atoms with Crippen molar-refractivity contribution in [2.24, 2.45) is 5.92 Å². The average molecular weight is 246 g/mol. The molecule has 1 aromatic rings. The maximum atomic E-state index is 9.48. The van der Waals surface area contributed by atoms with Crippen LogP contribution in [-0.4, -0.2) is 22.7 Å². The molecular weight excluding hydrogens is 224 g/mol. The molecule has 1 N–H and O–H groups in total. The Labute approximate surface area is 109 Å². The Morgan fingerprint density at radius 2 is 2.06 bits per heavy atom. The Balaban J connectivity index is 1.89. The van der Waals surface area contributed by atoms with Gasteiger partial charge in [0.25, 0.3) is 0 Å². The Bertz CT molecular complexity index is 405. The molecule has 0 radical (unpaired) electrons. The molecule has 2 atom stereocenters. The molecule has 2 aliphatic rings. The number of pyridine rings is 1. The molecule has 0 bridgehead atoms. The first kappa shape index (κ1) is 12.0. The van der Waals surface area contributed by atoms with Crippen LogP contribution in [0.1, 0.15) is 44.1 Å². The second-order valence-corrected chi connectivity index (χ2v) is 5.61. The van der Waals surface area contributed by atoms with Crippen LogP contribution in [0.25, 0.3) is 0 Å². The first-order valence-corrected chi connectivity index (χ1v) is 7.20. The summed E-state index contributed by atoms with van der Waals surface area (Å²) >= 11 is 0. The van der Waals surface area contributed by atoms with E-state index in [1.54, 1.807) is 0 Å². The van der Waals surface area contributed by atoms with Crippen LogP contribution in [0.5, 0.6) is 0 Å². The maximum absolute atomic E-state index is 9.48. The van der Waals surface area contributed by atoms with E-state index in [1.807, 2.05) is 12.4 Å². The number of aromatic nitrogens is 1. The summed E-state index contributed by atoms with van der Waals surface area (Å²) in [6, 6.07) is 2.77. The smallest absolute Gasteiger partial charge is 0.0717 e. The van der Waals surface area contributed by atoms with E-state index in [4.69, 9.17) is 0 Å². The van der Waals surface area contributed by atoms with Gasteiger partial charge in [-0.3, -0.25) is 4.98 Å². The highest BCUT2D eigenvalue weighted by atomic mass is 16.3. The highest BCUT2D eigenvalue weighted by Crippen LogP contribution is 2.38. The van der Waals surface area contributed by atoms with Crippen LogP contribution in [0.4, 0.5) is 5.69 Å². The van der Waals surface area contributed by atoms with Crippen LogP contribution in [-0.2, 0) is 6.61 Å². The topological polar surface area (TPSA) is 36.4 Å². The molecule has 3 heteroatoms. The number of anilines is 1. The van der Waals surface area contributed by atoms with Crippen molar-refractivity contribution in [2.45, 2.75) is 51.2 Å². The summed E-state index contributed by atoms with van der Waals surface area (Å²) in [5.41, 5.74) is 2.19. The minimum Gasteiger partial charge on any atom is -0.392 e. The first-order chi connectivity index (χ1) is 8.90. The fourth-order valence-corrected chi connectivity index (χ4v) is 3.75. The van der Waals surface area contributed by atoms with Gasteiger partial charge in [-0.25, -0.2) is 0 Å². The molecule has 0 amide bonds. The van der Waals surface area contributed by atoms with Gasteiger partial charge in [-0.15, -0.1) is 0 Å². The molecule has 3 rings (SSSR count). The maximum Gasteiger partial charge on any atom is 0.0717 e. The molecule has 98 valence electrons. The molecule has 2 fully saturated rings. The zero-order chi connectivity index (χ0) is 12.4. The van der Waals surface area contributed by atoms with Crippen LogP contribution in [0.3, 0.4) is 0 Å². The van der Waals surface area contributed by atoms with Gasteiger partial charge in [0.1, 0.15) is 0 Å². The molecule has 0 spiro atoms. The predicted octanol–water partition coefficient (Wildman–Crippen LogP) is 2.73. The van der Waals surface area contributed by atoms with Gasteiger partial charge >= 0.3 is 0 Å². The van der Waals surface area contributed by atoms with Crippen LogP contribution >= 0.6 is 0 Å². The van der Waals surface area contributed by atoms with Crippen LogP contribution in [0, 0.1) is 5.92 Å². The Hall–Kier alpha value is -1.09. The average Bonchev–Trinajstić information content (AvgIpc) is 2.46. The Morgan fingerprint density at radius 3 is 2.94 bits per heavy atom. The summed E-state index contributed by atoms with van der Waals surface area (Å²) in [5.74, 6) is 0.868. The van der Waals surface area contributed by atoms with Gasteiger partial charge in [0.15, 0.2) is 0 Å². The number of aliphatic hydroxyl groups excluding tert-OH is 1. The Kier molecular flexibility index (Phi) is 3.50. The fraction of sp³-hybridized carbons (Fsp3) is 0.667. The van der Waals surface area contributed by atoms with Crippen molar-refractivity contribution >= 4 is 5.69 Å². The highest BCUT2D eigenvalue weighted by molar-refractivity contribution is 5.53. The van der Waals surface area contributed by atoms with E-state index in [2.05, 4.69) is 16.0 Å². The molecule has 1 aliphatic carbocycles. The number of fused-ring (bicyclic) bond motifs is 1. The Morgan fingerprint density at radius 1 is 1.22 bits per heavy atom. The second kappa shape index (κ2) is 5.27. The first-order valence-electron chi connectivity index (χ1n) is 7.20. The number of aliphatic hydroxyl groups is 1. The molecule has 2 unspecified atom stereocenters. The molecule has 18 heavy (non-hydrogen) atoms. The second-order valence-electron chi connectivity index (χ2n) is 5.61. The van der Waals surface area contributed by atoms with E-state index >= 15 is 0 Å². The monoisotopic (exact) mass is 246 g/mol. The third kappa shape index (κ3) is 2.12. The van der Waals surface area contributed by atoms with E-state index < -0.39 is 0 Å². The fourth-order valence-electron chi connectivity index (χ4n) is 3.75. The van der Waals surface area contributed by atoms with E-state index in [0.29, 0.717) is 6.04 Å². The molecule has 1 saturated carbocycles. The molecule has 2 heterocycles. The largest absolute Gasteiger partial charge is 0.392 e. The normalized spacial score (nSPS) is 27.9. The van der Waals surface area contributed by atoms with E-state index in [1.165, 1.54) is 44.2 Å². The lowest BCUT2D eigenvalue weighted by atomic mass is 9.78. The molecular formula is C15H22N2O. The summed E-state index contributed by atoms with van der Waals surface area (Å²) < 4.78 is 0. The standard InChI is InChI=1S/C15H22N2O/c18-11-13-10-16-8-7-15(13)17-9-3-5-12-4-1-2-6-14(12)17/h7-8,10,12,14,18H,1-6,9,11H2. The van der Waals surface area contributed by atoms with Gasteiger partial charge in [-0.2, -0.15) is 0 Å². The summed E-state index contributed by atoms with van der Waals surface area (Å²) in [4.78, 5) is 6.67. The number of hydrogen-bond acceptors (Lipinski definition) is 3. The van der Waals surface area contributed by atoms with Crippen LogP contribution in [0.15, 0.2) is 18.5 Å². The van der Waals surface area contributed by atoms with Crippen LogP contribution in [0.2, 0.25) is 0 Å². The lowest BCUT2D eigenvalue weighted by Crippen LogP contribution is -2.47. The van der Waals surface area contributed by atoms with Crippen molar-refractivity contribution in [1.82, 2.24) is 4.98 Å². The van der Waals surface area contributed by atoms with Gasteiger partial charge in [-0.05, 0) is 37.7 Å². The molecule has 1 aromatic heterocycles. The number of rotatable bonds is 2. The quantitative estimate of drug-likeness (QED) is 0.871. The van der Waals surface area contributed by atoms with Gasteiger partial charge in [0.2, 0.25) is 0 Å². The van der Waals surface area contributed by atoms with Crippen molar-refractivity contribution in [2.75, 3.05) is 11.4 Å². The number of hydrogen-bond donors (Lipinski definition) is 1. The minimum atomic E-state index is 0.0943. The van der Waals surface area contributed by atoms with Crippen molar-refractivity contribution in [3.63, 3.8) is 0 Å². The number of piperidine rings is 1.